The van der Waals surface area contributed by atoms with E-state index in [1.54, 1.807) is 32.0 Å². The number of allylic oxidation sites excluding steroid dienone is 1. The number of nitrogens with one attached hydrogen (secondary N) is 1. The number of aryl methyl sites for hydroxylation is 1. The molecule has 1 aromatic heterocycles. The summed E-state index contributed by atoms with van der Waals surface area (Å²) < 4.78 is 35.8. The Hall–Kier alpha value is -3.66. The van der Waals surface area contributed by atoms with Gasteiger partial charge in [-0.05, 0) is 32.1 Å². The summed E-state index contributed by atoms with van der Waals surface area (Å²) in [5, 5.41) is 10.3. The number of alkyl halides is 2. The van der Waals surface area contributed by atoms with E-state index in [4.69, 9.17) is 4.74 Å². The van der Waals surface area contributed by atoms with Gasteiger partial charge in [-0.15, -0.1) is 0 Å². The Bertz CT molecular complexity index is 1130. The predicted octanol–water partition coefficient (Wildman–Crippen LogP) is 5.27. The number of fused-ring (bicyclic) bond motifs is 1. The van der Waals surface area contributed by atoms with Crippen molar-refractivity contribution in [3.8, 4) is 17.6 Å². The third-order valence-electron chi connectivity index (χ3n) is 4.30. The minimum Gasteiger partial charge on any atom is -0.490 e. The van der Waals surface area contributed by atoms with Gasteiger partial charge in [0.2, 0.25) is 5.78 Å². The molecular formula is C22H18F2N2O3. The number of nitrogens with zero attached hydrogens (tertiary/aromatic N) is 1. The number of ether oxygens (including phenoxy) is 2. The van der Waals surface area contributed by atoms with E-state index in [1.807, 2.05) is 18.2 Å². The van der Waals surface area contributed by atoms with Crippen LogP contribution in [0.3, 0.4) is 0 Å². The van der Waals surface area contributed by atoms with Crippen LogP contribution in [0.15, 0.2) is 48.0 Å². The molecule has 0 radical (unpaired) electrons. The number of hydrogen-bond donors (Lipinski definition) is 1. The number of carbonyl (C=O) groups is 1. The van der Waals surface area contributed by atoms with Crippen molar-refractivity contribution in [3.05, 3.63) is 64.9 Å². The van der Waals surface area contributed by atoms with E-state index in [-0.39, 0.29) is 29.2 Å². The molecule has 0 aliphatic rings. The van der Waals surface area contributed by atoms with E-state index >= 15 is 0 Å². The monoisotopic (exact) mass is 396 g/mol. The molecule has 0 aliphatic carbocycles. The average Bonchev–Trinajstić information content (AvgIpc) is 3.03. The van der Waals surface area contributed by atoms with E-state index in [9.17, 15) is 18.8 Å². The highest BCUT2D eigenvalue weighted by molar-refractivity contribution is 6.20. The summed E-state index contributed by atoms with van der Waals surface area (Å²) in [5.41, 5.74) is 1.70. The number of H-pyrrole nitrogens is 1. The first-order chi connectivity index (χ1) is 14.0. The Morgan fingerprint density at radius 1 is 1.24 bits per heavy atom. The average molecular weight is 396 g/mol. The lowest BCUT2D eigenvalue weighted by Crippen LogP contribution is -2.07. The summed E-state index contributed by atoms with van der Waals surface area (Å²) in [6, 6.07) is 13.6. The zero-order chi connectivity index (χ0) is 21.0. The first-order valence-electron chi connectivity index (χ1n) is 8.90. The van der Waals surface area contributed by atoms with Gasteiger partial charge in [0, 0.05) is 22.2 Å². The summed E-state index contributed by atoms with van der Waals surface area (Å²) in [6.45, 7) is 0.605. The van der Waals surface area contributed by atoms with Crippen molar-refractivity contribution >= 4 is 22.8 Å². The predicted molar refractivity (Wildman–Crippen MR) is 105 cm³/mol. The minimum atomic E-state index is -3.08. The summed E-state index contributed by atoms with van der Waals surface area (Å²) in [5.74, 6) is -0.623. The molecule has 1 N–H and O–H groups in total. The summed E-state index contributed by atoms with van der Waals surface area (Å²) >= 11 is 0. The number of carbonyl (C=O) groups excluding carboxylic acids is 1. The first-order valence-corrected chi connectivity index (χ1v) is 8.90. The number of ketones is 1. The number of aromatic nitrogens is 1. The number of benzene rings is 2. The van der Waals surface area contributed by atoms with Crippen molar-refractivity contribution < 1.29 is 23.0 Å². The van der Waals surface area contributed by atoms with E-state index in [2.05, 4.69) is 9.72 Å². The molecule has 0 saturated heterocycles. The van der Waals surface area contributed by atoms with Crippen LogP contribution < -0.4 is 9.47 Å². The molecule has 3 aromatic rings. The number of rotatable bonds is 7. The number of para-hydroxylation sites is 2. The summed E-state index contributed by atoms with van der Waals surface area (Å²) in [7, 11) is 0. The smallest absolute Gasteiger partial charge is 0.387 e. The van der Waals surface area contributed by atoms with Gasteiger partial charge in [-0.3, -0.25) is 4.79 Å². The van der Waals surface area contributed by atoms with Crippen LogP contribution in [0, 0.1) is 18.3 Å². The fourth-order valence-corrected chi connectivity index (χ4v) is 3.14. The molecule has 2 aromatic carbocycles. The molecule has 0 saturated carbocycles. The molecule has 0 amide bonds. The molecule has 0 unspecified atom stereocenters. The van der Waals surface area contributed by atoms with Crippen molar-refractivity contribution in [1.29, 1.82) is 5.26 Å². The van der Waals surface area contributed by atoms with Gasteiger partial charge in [-0.1, -0.05) is 30.3 Å². The normalized spacial score (nSPS) is 11.5. The number of hydrogen-bond acceptors (Lipinski definition) is 4. The van der Waals surface area contributed by atoms with Crippen LogP contribution in [-0.4, -0.2) is 24.0 Å². The number of halogens is 2. The molecule has 5 nitrogen and oxygen atoms in total. The van der Waals surface area contributed by atoms with Crippen molar-refractivity contribution in [2.24, 2.45) is 0 Å². The second-order valence-corrected chi connectivity index (χ2v) is 6.16. The van der Waals surface area contributed by atoms with Crippen molar-refractivity contribution in [1.82, 2.24) is 4.98 Å². The van der Waals surface area contributed by atoms with Crippen LogP contribution in [0.4, 0.5) is 8.78 Å². The Morgan fingerprint density at radius 2 is 2.00 bits per heavy atom. The van der Waals surface area contributed by atoms with Gasteiger partial charge in [0.15, 0.2) is 11.5 Å². The highest BCUT2D eigenvalue weighted by Crippen LogP contribution is 2.35. The molecule has 3 rings (SSSR count). The number of aromatic amines is 1. The van der Waals surface area contributed by atoms with Gasteiger partial charge in [0.05, 0.1) is 12.2 Å². The van der Waals surface area contributed by atoms with Crippen LogP contribution in [-0.2, 0) is 0 Å². The Kier molecular flexibility index (Phi) is 5.93. The lowest BCUT2D eigenvalue weighted by atomic mass is 9.99. The first kappa shape index (κ1) is 20.1. The Morgan fingerprint density at radius 3 is 2.69 bits per heavy atom. The fraction of sp³-hybridized carbons (Fsp3) is 0.182. The topological polar surface area (TPSA) is 75.1 Å². The van der Waals surface area contributed by atoms with Gasteiger partial charge in [-0.25, -0.2) is 0 Å². The number of Topliss-reactive ketones (excluding diaryl/α,β-unsaturated/α-hetero) is 1. The largest absolute Gasteiger partial charge is 0.490 e. The van der Waals surface area contributed by atoms with Gasteiger partial charge >= 0.3 is 6.61 Å². The van der Waals surface area contributed by atoms with Gasteiger partial charge in [-0.2, -0.15) is 14.0 Å². The lowest BCUT2D eigenvalue weighted by molar-refractivity contribution is -0.0515. The van der Waals surface area contributed by atoms with Crippen LogP contribution in [0.5, 0.6) is 11.5 Å². The van der Waals surface area contributed by atoms with E-state index in [1.165, 1.54) is 18.2 Å². The maximum atomic E-state index is 13.1. The van der Waals surface area contributed by atoms with E-state index in [0.29, 0.717) is 16.6 Å². The molecule has 148 valence electrons. The molecule has 0 spiro atoms. The van der Waals surface area contributed by atoms with Gasteiger partial charge in [0.1, 0.15) is 11.6 Å². The molecule has 0 bridgehead atoms. The third kappa shape index (κ3) is 4.11. The summed E-state index contributed by atoms with van der Waals surface area (Å²) in [6.07, 6.45) is 1.24. The Balaban J connectivity index is 2.11. The van der Waals surface area contributed by atoms with Crippen LogP contribution in [0.2, 0.25) is 0 Å². The van der Waals surface area contributed by atoms with E-state index in [0.717, 1.165) is 5.52 Å². The van der Waals surface area contributed by atoms with Crippen molar-refractivity contribution in [2.75, 3.05) is 6.61 Å². The van der Waals surface area contributed by atoms with Crippen molar-refractivity contribution in [3.63, 3.8) is 0 Å². The van der Waals surface area contributed by atoms with Gasteiger partial charge < -0.3 is 14.5 Å². The minimum absolute atomic E-state index is 0.106. The van der Waals surface area contributed by atoms with Crippen LogP contribution in [0.1, 0.15) is 28.5 Å². The quantitative estimate of drug-likeness (QED) is 0.336. The molecule has 0 fully saturated rings. The molecule has 0 atom stereocenters. The Labute approximate surface area is 166 Å². The van der Waals surface area contributed by atoms with Crippen LogP contribution >= 0.6 is 0 Å². The lowest BCUT2D eigenvalue weighted by Gasteiger charge is -2.13. The zero-order valence-corrected chi connectivity index (χ0v) is 15.8. The third-order valence-corrected chi connectivity index (χ3v) is 4.30. The standard InChI is InChI=1S/C22H18F2N2O3/c1-3-28-18-10-6-7-14(21(18)29-22(23)24)11-15(12-25)20(27)19-13(2)26-17-9-5-4-8-16(17)19/h4-11,22,26H,3H2,1-2H3/b15-11+. The number of nitriles is 1. The fourth-order valence-electron chi connectivity index (χ4n) is 3.14. The maximum absolute atomic E-state index is 13.1. The second-order valence-electron chi connectivity index (χ2n) is 6.16. The van der Waals surface area contributed by atoms with Crippen molar-refractivity contribution in [2.45, 2.75) is 20.5 Å². The molecule has 7 heteroatoms. The summed E-state index contributed by atoms with van der Waals surface area (Å²) in [4.78, 5) is 16.2. The highest BCUT2D eigenvalue weighted by Gasteiger charge is 2.21. The second kappa shape index (κ2) is 8.57. The molecule has 29 heavy (non-hydrogen) atoms. The van der Waals surface area contributed by atoms with E-state index < -0.39 is 12.4 Å². The maximum Gasteiger partial charge on any atom is 0.387 e. The van der Waals surface area contributed by atoms with Crippen LogP contribution in [0.25, 0.3) is 17.0 Å². The SMILES string of the molecule is CCOc1cccc(/C=C(\C#N)C(=O)c2c(C)[nH]c3ccccc23)c1OC(F)F. The molecular weight excluding hydrogens is 378 g/mol. The highest BCUT2D eigenvalue weighted by atomic mass is 19.3. The molecule has 1 heterocycles. The zero-order valence-electron chi connectivity index (χ0n) is 15.8. The van der Waals surface area contributed by atoms with Gasteiger partial charge in [0.25, 0.3) is 0 Å². The molecule has 0 aliphatic heterocycles.